The summed E-state index contributed by atoms with van der Waals surface area (Å²) in [7, 11) is 0. The molecule has 2 rings (SSSR count). The Morgan fingerprint density at radius 2 is 1.71 bits per heavy atom. The second-order valence-electron chi connectivity index (χ2n) is 5.17. The van der Waals surface area contributed by atoms with E-state index in [1.807, 2.05) is 30.3 Å². The lowest BCUT2D eigenvalue weighted by Crippen LogP contribution is -2.27. The lowest BCUT2D eigenvalue weighted by atomic mass is 10.2. The van der Waals surface area contributed by atoms with E-state index >= 15 is 0 Å². The third kappa shape index (κ3) is 6.40. The first-order valence-electron chi connectivity index (χ1n) is 7.63. The van der Waals surface area contributed by atoms with Crippen LogP contribution in [-0.4, -0.2) is 18.4 Å². The fraction of sp³-hybridized carbons (Fsp3) is 0.222. The number of carbonyl (C=O) groups is 2. The Morgan fingerprint density at radius 1 is 1.00 bits per heavy atom. The van der Waals surface area contributed by atoms with E-state index < -0.39 is 0 Å². The van der Waals surface area contributed by atoms with Crippen LogP contribution in [0.15, 0.2) is 54.6 Å². The molecule has 0 aliphatic rings. The van der Waals surface area contributed by atoms with E-state index in [0.29, 0.717) is 30.2 Å². The van der Waals surface area contributed by atoms with Gasteiger partial charge in [-0.25, -0.2) is 5.48 Å². The van der Waals surface area contributed by atoms with Crippen LogP contribution in [0.5, 0.6) is 0 Å². The van der Waals surface area contributed by atoms with E-state index in [1.165, 1.54) is 0 Å². The van der Waals surface area contributed by atoms with Crippen LogP contribution >= 0.6 is 11.6 Å². The van der Waals surface area contributed by atoms with Gasteiger partial charge in [0.2, 0.25) is 5.91 Å². The summed E-state index contributed by atoms with van der Waals surface area (Å²) in [6.07, 6.45) is 0.801. The molecule has 2 N–H and O–H groups in total. The topological polar surface area (TPSA) is 67.4 Å². The van der Waals surface area contributed by atoms with Crippen LogP contribution in [0, 0.1) is 0 Å². The molecule has 2 aromatic carbocycles. The molecular weight excluding hydrogens is 328 g/mol. The maximum absolute atomic E-state index is 11.9. The first-order chi connectivity index (χ1) is 11.6. The van der Waals surface area contributed by atoms with E-state index in [0.717, 1.165) is 5.56 Å². The Morgan fingerprint density at radius 3 is 2.42 bits per heavy atom. The summed E-state index contributed by atoms with van der Waals surface area (Å²) in [6, 6.07) is 16.2. The highest BCUT2D eigenvalue weighted by Gasteiger charge is 2.06. The van der Waals surface area contributed by atoms with E-state index in [2.05, 4.69) is 10.8 Å². The molecule has 0 aliphatic carbocycles. The lowest BCUT2D eigenvalue weighted by Gasteiger charge is -2.07. The van der Waals surface area contributed by atoms with Crippen LogP contribution < -0.4 is 10.8 Å². The van der Waals surface area contributed by atoms with Gasteiger partial charge >= 0.3 is 0 Å². The van der Waals surface area contributed by atoms with Crippen molar-refractivity contribution in [1.29, 1.82) is 0 Å². The van der Waals surface area contributed by atoms with Crippen molar-refractivity contribution in [3.05, 3.63) is 70.7 Å². The van der Waals surface area contributed by atoms with Crippen LogP contribution in [0.2, 0.25) is 5.02 Å². The van der Waals surface area contributed by atoms with E-state index in [1.54, 1.807) is 24.3 Å². The molecule has 126 valence electrons. The van der Waals surface area contributed by atoms with Crippen LogP contribution in [0.25, 0.3) is 0 Å². The highest BCUT2D eigenvalue weighted by Crippen LogP contribution is 2.09. The molecule has 5 nitrogen and oxygen atoms in total. The maximum Gasteiger partial charge on any atom is 0.251 e. The summed E-state index contributed by atoms with van der Waals surface area (Å²) in [5.41, 5.74) is 3.91. The predicted molar refractivity (Wildman–Crippen MR) is 92.4 cm³/mol. The molecular formula is C18H19ClN2O3. The number of halogens is 1. The number of amides is 2. The molecule has 0 heterocycles. The number of hydroxylamine groups is 1. The van der Waals surface area contributed by atoms with Gasteiger partial charge in [0.15, 0.2) is 0 Å². The van der Waals surface area contributed by atoms with Crippen molar-refractivity contribution in [2.45, 2.75) is 19.4 Å². The molecule has 0 bridgehead atoms. The molecule has 0 saturated heterocycles. The van der Waals surface area contributed by atoms with E-state index in [9.17, 15) is 9.59 Å². The number of nitrogens with one attached hydrogen (secondary N) is 2. The van der Waals surface area contributed by atoms with Crippen LogP contribution in [-0.2, 0) is 16.2 Å². The summed E-state index contributed by atoms with van der Waals surface area (Å²) in [5, 5.41) is 3.34. The van der Waals surface area contributed by atoms with Gasteiger partial charge in [-0.1, -0.05) is 41.9 Å². The second kappa shape index (κ2) is 9.70. The Bertz CT molecular complexity index is 660. The van der Waals surface area contributed by atoms with Crippen molar-refractivity contribution in [2.75, 3.05) is 6.54 Å². The normalized spacial score (nSPS) is 10.2. The van der Waals surface area contributed by atoms with Gasteiger partial charge in [-0.15, -0.1) is 0 Å². The summed E-state index contributed by atoms with van der Waals surface area (Å²) < 4.78 is 0. The average molecular weight is 347 g/mol. The first kappa shape index (κ1) is 18.0. The van der Waals surface area contributed by atoms with Gasteiger partial charge < -0.3 is 5.32 Å². The van der Waals surface area contributed by atoms with Crippen molar-refractivity contribution in [1.82, 2.24) is 10.8 Å². The minimum absolute atomic E-state index is 0.188. The standard InChI is InChI=1S/C18H19ClN2O3/c19-16-10-8-15(9-11-16)18(23)20-12-4-7-17(22)21-24-13-14-5-2-1-3-6-14/h1-3,5-6,8-11H,4,7,12-13H2,(H,20,23)(H,21,22). The van der Waals surface area contributed by atoms with Crippen LogP contribution in [0.3, 0.4) is 0 Å². The Labute approximate surface area is 145 Å². The van der Waals surface area contributed by atoms with Gasteiger partial charge in [-0.3, -0.25) is 14.4 Å². The van der Waals surface area contributed by atoms with Crippen molar-refractivity contribution < 1.29 is 14.4 Å². The molecule has 0 fully saturated rings. The Kier molecular flexibility index (Phi) is 7.26. The molecule has 0 aromatic heterocycles. The molecule has 6 heteroatoms. The molecule has 2 amide bonds. The van der Waals surface area contributed by atoms with Crippen LogP contribution in [0.1, 0.15) is 28.8 Å². The monoisotopic (exact) mass is 346 g/mol. The van der Waals surface area contributed by atoms with Gasteiger partial charge in [0.1, 0.15) is 0 Å². The maximum atomic E-state index is 11.9. The number of carbonyl (C=O) groups excluding carboxylic acids is 2. The van der Waals surface area contributed by atoms with E-state index in [-0.39, 0.29) is 18.2 Å². The zero-order chi connectivity index (χ0) is 17.2. The first-order valence-corrected chi connectivity index (χ1v) is 8.01. The quantitative estimate of drug-likeness (QED) is 0.570. The molecule has 0 unspecified atom stereocenters. The Balaban J connectivity index is 1.57. The number of rotatable bonds is 8. The van der Waals surface area contributed by atoms with Crippen molar-refractivity contribution in [2.24, 2.45) is 0 Å². The minimum Gasteiger partial charge on any atom is -0.352 e. The van der Waals surface area contributed by atoms with Gasteiger partial charge in [-0.05, 0) is 36.2 Å². The summed E-state index contributed by atoms with van der Waals surface area (Å²) in [5.74, 6) is -0.404. The Hall–Kier alpha value is -2.37. The highest BCUT2D eigenvalue weighted by atomic mass is 35.5. The largest absolute Gasteiger partial charge is 0.352 e. The average Bonchev–Trinajstić information content (AvgIpc) is 2.60. The van der Waals surface area contributed by atoms with Gasteiger partial charge in [-0.2, -0.15) is 0 Å². The van der Waals surface area contributed by atoms with Crippen LogP contribution in [0.4, 0.5) is 0 Å². The molecule has 0 spiro atoms. The van der Waals surface area contributed by atoms with Crippen molar-refractivity contribution >= 4 is 23.4 Å². The number of hydrogen-bond donors (Lipinski definition) is 2. The second-order valence-corrected chi connectivity index (χ2v) is 5.60. The van der Waals surface area contributed by atoms with Gasteiger partial charge in [0.25, 0.3) is 5.91 Å². The smallest absolute Gasteiger partial charge is 0.251 e. The number of benzene rings is 2. The fourth-order valence-electron chi connectivity index (χ4n) is 1.98. The summed E-state index contributed by atoms with van der Waals surface area (Å²) in [6.45, 7) is 0.730. The molecule has 0 aliphatic heterocycles. The van der Waals surface area contributed by atoms with Crippen molar-refractivity contribution in [3.63, 3.8) is 0 Å². The molecule has 0 radical (unpaired) electrons. The third-order valence-corrected chi connectivity index (χ3v) is 3.49. The molecule has 2 aromatic rings. The van der Waals surface area contributed by atoms with Gasteiger partial charge in [0.05, 0.1) is 6.61 Å². The molecule has 0 atom stereocenters. The van der Waals surface area contributed by atoms with Crippen molar-refractivity contribution in [3.8, 4) is 0 Å². The zero-order valence-corrected chi connectivity index (χ0v) is 13.9. The summed E-state index contributed by atoms with van der Waals surface area (Å²) >= 11 is 5.77. The SMILES string of the molecule is O=C(CCCNC(=O)c1ccc(Cl)cc1)NOCc1ccccc1. The van der Waals surface area contributed by atoms with Gasteiger partial charge in [0, 0.05) is 23.6 Å². The predicted octanol–water partition coefficient (Wildman–Crippen LogP) is 3.10. The molecule has 24 heavy (non-hydrogen) atoms. The zero-order valence-electron chi connectivity index (χ0n) is 13.1. The summed E-state index contributed by atoms with van der Waals surface area (Å²) in [4.78, 5) is 28.6. The minimum atomic E-state index is -0.216. The fourth-order valence-corrected chi connectivity index (χ4v) is 2.11. The highest BCUT2D eigenvalue weighted by molar-refractivity contribution is 6.30. The molecule has 0 saturated carbocycles. The third-order valence-electron chi connectivity index (χ3n) is 3.24. The van der Waals surface area contributed by atoms with E-state index in [4.69, 9.17) is 16.4 Å². The number of hydrogen-bond acceptors (Lipinski definition) is 3. The lowest BCUT2D eigenvalue weighted by molar-refractivity contribution is -0.134.